The standard InChI is InChI=1S/C32H36N4O3S.C2H6/c1-20(2)26-15-14-22(28-13-8-16-39-28)17-27(26)30-21(3)31(38)36(25-12-7-9-23(33)18-25)32(35-30)40-19-29(37)34-24-10-5-4-6-11-24;1-2/h7-9,12-18,20,24H,4-6,10-11,19,33H2,1-3H3,(H,34,37);1-2H3. The number of nitrogens with two attached hydrogens (primary N) is 1. The van der Waals surface area contributed by atoms with E-state index in [0.29, 0.717) is 27.8 Å². The van der Waals surface area contributed by atoms with Crippen LogP contribution in [0.2, 0.25) is 0 Å². The topological polar surface area (TPSA) is 103 Å². The van der Waals surface area contributed by atoms with E-state index >= 15 is 0 Å². The van der Waals surface area contributed by atoms with Crippen LogP contribution in [0.3, 0.4) is 0 Å². The van der Waals surface area contributed by atoms with E-state index < -0.39 is 0 Å². The highest BCUT2D eigenvalue weighted by Crippen LogP contribution is 2.35. The fourth-order valence-corrected chi connectivity index (χ4v) is 6.16. The smallest absolute Gasteiger partial charge is 0.262 e. The molecule has 0 bridgehead atoms. The summed E-state index contributed by atoms with van der Waals surface area (Å²) in [5.41, 5.74) is 11.1. The zero-order valence-electron chi connectivity index (χ0n) is 25.3. The molecule has 8 heteroatoms. The number of furan rings is 1. The molecule has 7 nitrogen and oxygen atoms in total. The molecule has 1 fully saturated rings. The minimum absolute atomic E-state index is 0.0462. The molecule has 0 radical (unpaired) electrons. The molecule has 2 aromatic carbocycles. The van der Waals surface area contributed by atoms with E-state index in [9.17, 15) is 9.59 Å². The van der Waals surface area contributed by atoms with Gasteiger partial charge in [0.25, 0.3) is 5.56 Å². The van der Waals surface area contributed by atoms with Crippen LogP contribution < -0.4 is 16.6 Å². The van der Waals surface area contributed by atoms with Crippen molar-refractivity contribution < 1.29 is 9.21 Å². The number of hydrogen-bond acceptors (Lipinski definition) is 6. The van der Waals surface area contributed by atoms with Crippen molar-refractivity contribution >= 4 is 23.4 Å². The van der Waals surface area contributed by atoms with E-state index in [-0.39, 0.29) is 29.2 Å². The van der Waals surface area contributed by atoms with Crippen LogP contribution in [0, 0.1) is 6.92 Å². The number of thioether (sulfide) groups is 1. The Labute approximate surface area is 252 Å². The van der Waals surface area contributed by atoms with E-state index in [0.717, 1.165) is 48.1 Å². The van der Waals surface area contributed by atoms with Crippen molar-refractivity contribution in [2.45, 2.75) is 83.8 Å². The molecule has 3 N–H and O–H groups in total. The highest BCUT2D eigenvalue weighted by atomic mass is 32.2. The molecule has 0 saturated heterocycles. The Morgan fingerprint density at radius 2 is 1.86 bits per heavy atom. The summed E-state index contributed by atoms with van der Waals surface area (Å²) in [6, 6.07) is 17.3. The third-order valence-corrected chi connectivity index (χ3v) is 8.38. The summed E-state index contributed by atoms with van der Waals surface area (Å²) in [5, 5.41) is 3.62. The van der Waals surface area contributed by atoms with Gasteiger partial charge in [0.2, 0.25) is 5.91 Å². The maximum atomic E-state index is 14.0. The molecule has 1 saturated carbocycles. The minimum Gasteiger partial charge on any atom is -0.464 e. The van der Waals surface area contributed by atoms with Crippen molar-refractivity contribution in [3.05, 3.63) is 82.3 Å². The summed E-state index contributed by atoms with van der Waals surface area (Å²) in [5.74, 6) is 1.07. The number of amides is 1. The van der Waals surface area contributed by atoms with Gasteiger partial charge >= 0.3 is 0 Å². The molecule has 1 aliphatic carbocycles. The summed E-state index contributed by atoms with van der Waals surface area (Å²) >= 11 is 1.27. The van der Waals surface area contributed by atoms with E-state index in [2.05, 4.69) is 25.2 Å². The largest absolute Gasteiger partial charge is 0.464 e. The lowest BCUT2D eigenvalue weighted by Crippen LogP contribution is -2.37. The quantitative estimate of drug-likeness (QED) is 0.124. The molecule has 4 aromatic rings. The van der Waals surface area contributed by atoms with Gasteiger partial charge in [-0.25, -0.2) is 4.98 Å². The summed E-state index contributed by atoms with van der Waals surface area (Å²) < 4.78 is 7.23. The molecular formula is C34H42N4O3S. The van der Waals surface area contributed by atoms with Crippen LogP contribution in [0.15, 0.2) is 75.2 Å². The van der Waals surface area contributed by atoms with E-state index in [1.54, 1.807) is 29.9 Å². The van der Waals surface area contributed by atoms with Gasteiger partial charge in [-0.05, 0) is 67.6 Å². The zero-order valence-corrected chi connectivity index (χ0v) is 26.1. The zero-order chi connectivity index (χ0) is 30.2. The Bertz CT molecular complexity index is 1550. The van der Waals surface area contributed by atoms with Crippen molar-refractivity contribution in [1.82, 2.24) is 14.9 Å². The number of nitrogens with one attached hydrogen (secondary N) is 1. The van der Waals surface area contributed by atoms with Gasteiger partial charge < -0.3 is 15.5 Å². The first-order valence-electron chi connectivity index (χ1n) is 14.9. The summed E-state index contributed by atoms with van der Waals surface area (Å²) in [7, 11) is 0. The molecular weight excluding hydrogens is 544 g/mol. The lowest BCUT2D eigenvalue weighted by atomic mass is 9.91. The molecule has 0 atom stereocenters. The SMILES string of the molecule is CC.Cc1c(-c2cc(-c3ccco3)ccc2C(C)C)nc(SCC(=O)NC2CCCCC2)n(-c2cccc(N)c2)c1=O. The van der Waals surface area contributed by atoms with Gasteiger partial charge in [0, 0.05) is 28.4 Å². The number of benzene rings is 2. The first kappa shape index (κ1) is 31.2. The number of anilines is 1. The molecule has 0 unspecified atom stereocenters. The summed E-state index contributed by atoms with van der Waals surface area (Å²) in [4.78, 5) is 32.0. The summed E-state index contributed by atoms with van der Waals surface area (Å²) in [6.45, 7) is 10.1. The molecule has 1 amide bonds. The highest BCUT2D eigenvalue weighted by molar-refractivity contribution is 7.99. The van der Waals surface area contributed by atoms with Gasteiger partial charge in [0.05, 0.1) is 23.4 Å². The second-order valence-corrected chi connectivity index (χ2v) is 11.7. The van der Waals surface area contributed by atoms with Crippen molar-refractivity contribution in [1.29, 1.82) is 0 Å². The molecule has 5 rings (SSSR count). The maximum Gasteiger partial charge on any atom is 0.262 e. The van der Waals surface area contributed by atoms with Gasteiger partial charge in [-0.15, -0.1) is 0 Å². The van der Waals surface area contributed by atoms with E-state index in [1.165, 1.54) is 18.2 Å². The fourth-order valence-electron chi connectivity index (χ4n) is 5.34. The highest BCUT2D eigenvalue weighted by Gasteiger charge is 2.22. The third kappa shape index (κ3) is 7.16. The predicted molar refractivity (Wildman–Crippen MR) is 173 cm³/mol. The van der Waals surface area contributed by atoms with Crippen LogP contribution in [-0.4, -0.2) is 27.3 Å². The lowest BCUT2D eigenvalue weighted by Gasteiger charge is -2.23. The van der Waals surface area contributed by atoms with E-state index in [4.69, 9.17) is 15.1 Å². The van der Waals surface area contributed by atoms with Crippen LogP contribution in [0.25, 0.3) is 28.3 Å². The van der Waals surface area contributed by atoms with Crippen LogP contribution in [0.4, 0.5) is 5.69 Å². The molecule has 42 heavy (non-hydrogen) atoms. The van der Waals surface area contributed by atoms with Crippen molar-refractivity contribution in [2.75, 3.05) is 11.5 Å². The second-order valence-electron chi connectivity index (χ2n) is 10.7. The number of aromatic nitrogens is 2. The minimum atomic E-state index is -0.191. The van der Waals surface area contributed by atoms with Crippen LogP contribution in [0.1, 0.15) is 76.8 Å². The average molecular weight is 587 g/mol. The Kier molecular flexibility index (Phi) is 10.7. The number of nitrogens with zero attached hydrogens (tertiary/aromatic N) is 2. The Morgan fingerprint density at radius 3 is 2.52 bits per heavy atom. The van der Waals surface area contributed by atoms with Gasteiger partial charge in [0.15, 0.2) is 5.16 Å². The molecule has 2 heterocycles. The van der Waals surface area contributed by atoms with Gasteiger partial charge in [-0.1, -0.05) is 76.9 Å². The third-order valence-electron chi connectivity index (χ3n) is 7.44. The number of hydrogen-bond donors (Lipinski definition) is 2. The van der Waals surface area contributed by atoms with E-state index in [1.807, 2.05) is 50.2 Å². The number of nitrogen functional groups attached to an aromatic ring is 1. The van der Waals surface area contributed by atoms with Crippen LogP contribution in [-0.2, 0) is 4.79 Å². The molecule has 0 aliphatic heterocycles. The van der Waals surface area contributed by atoms with Gasteiger partial charge in [-0.3, -0.25) is 14.2 Å². The summed E-state index contributed by atoms with van der Waals surface area (Å²) in [6.07, 6.45) is 7.19. The van der Waals surface area contributed by atoms with Crippen LogP contribution >= 0.6 is 11.8 Å². The Balaban J connectivity index is 0.00000198. The van der Waals surface area contributed by atoms with Gasteiger partial charge in [-0.2, -0.15) is 0 Å². The Morgan fingerprint density at radius 1 is 1.10 bits per heavy atom. The monoisotopic (exact) mass is 586 g/mol. The van der Waals surface area contributed by atoms with Crippen LogP contribution in [0.5, 0.6) is 0 Å². The molecule has 1 aliphatic rings. The first-order chi connectivity index (χ1) is 20.3. The number of carbonyl (C=O) groups excluding carboxylic acids is 1. The predicted octanol–water partition coefficient (Wildman–Crippen LogP) is 7.74. The lowest BCUT2D eigenvalue weighted by molar-refractivity contribution is -0.119. The first-order valence-corrected chi connectivity index (χ1v) is 15.9. The number of carbonyl (C=O) groups is 1. The normalized spacial score (nSPS) is 13.5. The average Bonchev–Trinajstić information content (AvgIpc) is 3.54. The number of rotatable bonds is 8. The Hall–Kier alpha value is -3.78. The maximum absolute atomic E-state index is 14.0. The molecule has 2 aromatic heterocycles. The van der Waals surface area contributed by atoms with Crippen molar-refractivity contribution in [2.24, 2.45) is 0 Å². The molecule has 222 valence electrons. The second kappa shape index (κ2) is 14.4. The van der Waals surface area contributed by atoms with Crippen molar-refractivity contribution in [3.8, 4) is 28.3 Å². The fraction of sp³-hybridized carbons (Fsp3) is 0.382. The molecule has 0 spiro atoms. The van der Waals surface area contributed by atoms with Crippen molar-refractivity contribution in [3.63, 3.8) is 0 Å². The van der Waals surface area contributed by atoms with Gasteiger partial charge in [0.1, 0.15) is 5.76 Å².